The minimum absolute atomic E-state index is 0.133. The van der Waals surface area contributed by atoms with E-state index in [0.717, 1.165) is 11.3 Å². The van der Waals surface area contributed by atoms with Crippen molar-refractivity contribution >= 4 is 34.5 Å². The van der Waals surface area contributed by atoms with Crippen LogP contribution in [0.1, 0.15) is 16.6 Å². The summed E-state index contributed by atoms with van der Waals surface area (Å²) in [6.45, 7) is 1.45. The van der Waals surface area contributed by atoms with Crippen LogP contribution in [0.25, 0.3) is 11.3 Å². The Hall–Kier alpha value is -2.86. The smallest absolute Gasteiger partial charge is 0.265 e. The van der Waals surface area contributed by atoms with E-state index in [0.29, 0.717) is 16.3 Å². The zero-order valence-corrected chi connectivity index (χ0v) is 13.1. The minimum Gasteiger partial charge on any atom is -0.464 e. The molecule has 3 rings (SSSR count). The Morgan fingerprint density at radius 1 is 1.04 bits per heavy atom. The number of benzene rings is 1. The molecule has 0 saturated heterocycles. The lowest BCUT2D eigenvalue weighted by atomic mass is 10.2. The van der Waals surface area contributed by atoms with Gasteiger partial charge in [-0.2, -0.15) is 0 Å². The maximum absolute atomic E-state index is 12.3. The first-order chi connectivity index (χ1) is 11.1. The summed E-state index contributed by atoms with van der Waals surface area (Å²) in [7, 11) is 0. The highest BCUT2D eigenvalue weighted by Gasteiger charge is 2.11. The van der Waals surface area contributed by atoms with Crippen LogP contribution in [0.4, 0.5) is 11.4 Å². The van der Waals surface area contributed by atoms with Gasteiger partial charge in [-0.15, -0.1) is 11.3 Å². The summed E-state index contributed by atoms with van der Waals surface area (Å²) in [5, 5.41) is 7.38. The molecule has 0 spiro atoms. The Morgan fingerprint density at radius 2 is 1.74 bits per heavy atom. The number of thiophene rings is 1. The molecule has 2 aromatic heterocycles. The van der Waals surface area contributed by atoms with Gasteiger partial charge in [0.05, 0.1) is 11.1 Å². The van der Waals surface area contributed by atoms with Crippen molar-refractivity contribution in [1.29, 1.82) is 0 Å². The summed E-state index contributed by atoms with van der Waals surface area (Å²) < 4.78 is 5.32. The fraction of sp³-hybridized carbons (Fsp3) is 0.0588. The predicted molar refractivity (Wildman–Crippen MR) is 90.7 cm³/mol. The lowest BCUT2D eigenvalue weighted by Crippen LogP contribution is -2.10. The zero-order chi connectivity index (χ0) is 16.2. The van der Waals surface area contributed by atoms with Crippen LogP contribution in [0.3, 0.4) is 0 Å². The van der Waals surface area contributed by atoms with E-state index in [2.05, 4.69) is 10.6 Å². The van der Waals surface area contributed by atoms with Crippen LogP contribution in [0.5, 0.6) is 0 Å². The zero-order valence-electron chi connectivity index (χ0n) is 12.3. The van der Waals surface area contributed by atoms with Gasteiger partial charge in [0.25, 0.3) is 5.91 Å². The molecule has 5 nitrogen and oxygen atoms in total. The molecule has 0 radical (unpaired) electrons. The van der Waals surface area contributed by atoms with Crippen LogP contribution < -0.4 is 10.6 Å². The largest absolute Gasteiger partial charge is 0.464 e. The van der Waals surface area contributed by atoms with Gasteiger partial charge in [-0.3, -0.25) is 9.59 Å². The molecule has 2 amide bonds. The maximum atomic E-state index is 12.3. The van der Waals surface area contributed by atoms with Crippen LogP contribution in [0, 0.1) is 0 Å². The molecule has 0 aliphatic carbocycles. The van der Waals surface area contributed by atoms with Gasteiger partial charge in [0.2, 0.25) is 5.91 Å². The van der Waals surface area contributed by atoms with E-state index in [9.17, 15) is 9.59 Å². The number of nitrogens with one attached hydrogen (secondary N) is 2. The molecule has 0 saturated carbocycles. The Balaban J connectivity index is 1.68. The van der Waals surface area contributed by atoms with E-state index >= 15 is 0 Å². The van der Waals surface area contributed by atoms with Crippen molar-refractivity contribution in [3.8, 4) is 11.3 Å². The fourth-order valence-corrected chi connectivity index (χ4v) is 2.85. The van der Waals surface area contributed by atoms with Crippen LogP contribution in [-0.2, 0) is 4.79 Å². The maximum Gasteiger partial charge on any atom is 0.265 e. The van der Waals surface area contributed by atoms with Gasteiger partial charge in [0.15, 0.2) is 0 Å². The van der Waals surface area contributed by atoms with Gasteiger partial charge < -0.3 is 15.1 Å². The summed E-state index contributed by atoms with van der Waals surface area (Å²) in [5.74, 6) is 0.422. The number of carbonyl (C=O) groups is 2. The van der Waals surface area contributed by atoms with Crippen molar-refractivity contribution in [3.63, 3.8) is 0 Å². The lowest BCUT2D eigenvalue weighted by Gasteiger charge is -2.05. The minimum atomic E-state index is -0.180. The summed E-state index contributed by atoms with van der Waals surface area (Å²) in [6, 6.07) is 12.4. The summed E-state index contributed by atoms with van der Waals surface area (Å²) >= 11 is 1.36. The molecule has 0 aliphatic rings. The fourth-order valence-electron chi connectivity index (χ4n) is 2.06. The molecule has 116 valence electrons. The molecule has 0 atom stereocenters. The van der Waals surface area contributed by atoms with Gasteiger partial charge in [0.1, 0.15) is 5.76 Å². The Labute approximate surface area is 136 Å². The second-order valence-electron chi connectivity index (χ2n) is 4.89. The van der Waals surface area contributed by atoms with E-state index in [1.807, 2.05) is 17.5 Å². The highest BCUT2D eigenvalue weighted by atomic mass is 32.1. The van der Waals surface area contributed by atoms with Crippen molar-refractivity contribution in [2.45, 2.75) is 6.92 Å². The van der Waals surface area contributed by atoms with Crippen molar-refractivity contribution in [2.24, 2.45) is 0 Å². The van der Waals surface area contributed by atoms with Crippen molar-refractivity contribution in [3.05, 3.63) is 59.0 Å². The Bertz CT molecular complexity index is 820. The summed E-state index contributed by atoms with van der Waals surface area (Å²) in [5.41, 5.74) is 2.23. The molecular weight excluding hydrogens is 312 g/mol. The molecule has 0 unspecified atom stereocenters. The van der Waals surface area contributed by atoms with Gasteiger partial charge in [0, 0.05) is 29.2 Å². The number of carbonyl (C=O) groups excluding carboxylic acids is 2. The number of furan rings is 1. The van der Waals surface area contributed by atoms with E-state index in [4.69, 9.17) is 4.42 Å². The van der Waals surface area contributed by atoms with E-state index < -0.39 is 0 Å². The average Bonchev–Trinajstić information content (AvgIpc) is 3.19. The van der Waals surface area contributed by atoms with Gasteiger partial charge in [-0.1, -0.05) is 0 Å². The predicted octanol–water partition coefficient (Wildman–Crippen LogP) is 4.22. The highest BCUT2D eigenvalue weighted by molar-refractivity contribution is 7.12. The number of anilines is 2. The molecule has 2 N–H and O–H groups in total. The molecule has 0 bridgehead atoms. The number of hydrogen-bond acceptors (Lipinski definition) is 4. The van der Waals surface area contributed by atoms with E-state index in [-0.39, 0.29) is 11.8 Å². The molecule has 0 aliphatic heterocycles. The number of hydrogen-bond donors (Lipinski definition) is 2. The lowest BCUT2D eigenvalue weighted by molar-refractivity contribution is -0.114. The van der Waals surface area contributed by atoms with Gasteiger partial charge >= 0.3 is 0 Å². The average molecular weight is 326 g/mol. The molecule has 2 heterocycles. The van der Waals surface area contributed by atoms with Crippen LogP contribution in [0.15, 0.2) is 58.5 Å². The first-order valence-electron chi connectivity index (χ1n) is 6.93. The third-order valence-corrected chi connectivity index (χ3v) is 4.02. The summed E-state index contributed by atoms with van der Waals surface area (Å²) in [4.78, 5) is 23.8. The Kier molecular flexibility index (Phi) is 4.25. The normalized spacial score (nSPS) is 10.3. The molecule has 23 heavy (non-hydrogen) atoms. The quantitative estimate of drug-likeness (QED) is 0.754. The third kappa shape index (κ3) is 3.67. The SMILES string of the molecule is CC(=O)Nc1ccc(NC(=O)c2cc(-c3ccco3)cs2)cc1. The van der Waals surface area contributed by atoms with Crippen LogP contribution >= 0.6 is 11.3 Å². The molecule has 1 aromatic carbocycles. The number of amides is 2. The second kappa shape index (κ2) is 6.50. The highest BCUT2D eigenvalue weighted by Crippen LogP contribution is 2.26. The first kappa shape index (κ1) is 15.1. The van der Waals surface area contributed by atoms with Crippen molar-refractivity contribution in [1.82, 2.24) is 0 Å². The third-order valence-electron chi connectivity index (χ3n) is 3.09. The first-order valence-corrected chi connectivity index (χ1v) is 7.81. The van der Waals surface area contributed by atoms with Gasteiger partial charge in [-0.05, 0) is 42.5 Å². The van der Waals surface area contributed by atoms with Crippen molar-refractivity contribution < 1.29 is 14.0 Å². The standard InChI is InChI=1S/C17H14N2O3S/c1-11(20)18-13-4-6-14(7-5-13)19-17(21)16-9-12(10-23-16)15-3-2-8-22-15/h2-10H,1H3,(H,18,20)(H,19,21). The molecule has 3 aromatic rings. The Morgan fingerprint density at radius 3 is 2.35 bits per heavy atom. The van der Waals surface area contributed by atoms with Crippen molar-refractivity contribution in [2.75, 3.05) is 10.6 Å². The second-order valence-corrected chi connectivity index (χ2v) is 5.80. The molecule has 0 fully saturated rings. The monoisotopic (exact) mass is 326 g/mol. The van der Waals surface area contributed by atoms with E-state index in [1.54, 1.807) is 36.6 Å². The number of rotatable bonds is 4. The molecule has 6 heteroatoms. The van der Waals surface area contributed by atoms with Crippen LogP contribution in [0.2, 0.25) is 0 Å². The van der Waals surface area contributed by atoms with Gasteiger partial charge in [-0.25, -0.2) is 0 Å². The summed E-state index contributed by atoms with van der Waals surface area (Å²) in [6.07, 6.45) is 1.60. The van der Waals surface area contributed by atoms with Crippen LogP contribution in [-0.4, -0.2) is 11.8 Å². The molecular formula is C17H14N2O3S. The topological polar surface area (TPSA) is 71.3 Å². The van der Waals surface area contributed by atoms with E-state index in [1.165, 1.54) is 18.3 Å².